The summed E-state index contributed by atoms with van der Waals surface area (Å²) >= 11 is 7.34. The molecule has 4 nitrogen and oxygen atoms in total. The van der Waals surface area contributed by atoms with Crippen molar-refractivity contribution in [1.82, 2.24) is 10.3 Å². The maximum atomic E-state index is 11.7. The molecule has 2 aromatic rings. The molecule has 0 aliphatic rings. The highest BCUT2D eigenvalue weighted by atomic mass is 35.5. The molecular formula is C12H12ClN3OS. The number of carbonyl (C=O) groups is 1. The number of nitrogen functional groups attached to an aromatic ring is 1. The van der Waals surface area contributed by atoms with Crippen molar-refractivity contribution < 1.29 is 4.79 Å². The van der Waals surface area contributed by atoms with Gasteiger partial charge in [-0.1, -0.05) is 11.6 Å². The Kier molecular flexibility index (Phi) is 4.17. The molecular weight excluding hydrogens is 270 g/mol. The number of nitrogens with two attached hydrogens (primary N) is 1. The molecule has 0 aliphatic heterocycles. The van der Waals surface area contributed by atoms with Crippen molar-refractivity contribution in [3.05, 3.63) is 45.4 Å². The molecule has 0 radical (unpaired) electrons. The van der Waals surface area contributed by atoms with Gasteiger partial charge in [-0.3, -0.25) is 9.78 Å². The van der Waals surface area contributed by atoms with Crippen LogP contribution < -0.4 is 11.1 Å². The Morgan fingerprint density at radius 1 is 1.44 bits per heavy atom. The van der Waals surface area contributed by atoms with Gasteiger partial charge in [0.25, 0.3) is 5.91 Å². The molecule has 0 unspecified atom stereocenters. The van der Waals surface area contributed by atoms with E-state index < -0.39 is 0 Å². The minimum absolute atomic E-state index is 0.218. The van der Waals surface area contributed by atoms with E-state index in [4.69, 9.17) is 17.3 Å². The minimum atomic E-state index is -0.218. The Morgan fingerprint density at radius 3 is 2.94 bits per heavy atom. The van der Waals surface area contributed by atoms with Crippen molar-refractivity contribution in [1.29, 1.82) is 0 Å². The Balaban J connectivity index is 1.85. The molecule has 2 heterocycles. The van der Waals surface area contributed by atoms with Gasteiger partial charge < -0.3 is 11.1 Å². The van der Waals surface area contributed by atoms with Crippen LogP contribution in [-0.4, -0.2) is 17.4 Å². The van der Waals surface area contributed by atoms with Gasteiger partial charge in [0.2, 0.25) is 0 Å². The predicted molar refractivity (Wildman–Crippen MR) is 74.0 cm³/mol. The molecule has 0 aliphatic carbocycles. The van der Waals surface area contributed by atoms with Crippen LogP contribution >= 0.6 is 22.9 Å². The van der Waals surface area contributed by atoms with Crippen molar-refractivity contribution in [2.45, 2.75) is 6.42 Å². The van der Waals surface area contributed by atoms with E-state index in [0.29, 0.717) is 17.9 Å². The van der Waals surface area contributed by atoms with Crippen molar-refractivity contribution in [2.24, 2.45) is 0 Å². The highest BCUT2D eigenvalue weighted by molar-refractivity contribution is 7.16. The van der Waals surface area contributed by atoms with E-state index in [9.17, 15) is 4.79 Å². The minimum Gasteiger partial charge on any atom is -0.399 e. The molecule has 3 N–H and O–H groups in total. The average molecular weight is 282 g/mol. The lowest BCUT2D eigenvalue weighted by Gasteiger charge is -2.04. The number of nitrogens with one attached hydrogen (secondary N) is 1. The molecule has 0 saturated carbocycles. The summed E-state index contributed by atoms with van der Waals surface area (Å²) in [4.78, 5) is 16.8. The normalized spacial score (nSPS) is 10.3. The third-order valence-electron chi connectivity index (χ3n) is 2.30. The first kappa shape index (κ1) is 12.9. The second kappa shape index (κ2) is 5.84. The predicted octanol–water partition coefficient (Wildman–Crippen LogP) is 2.35. The quantitative estimate of drug-likeness (QED) is 0.904. The summed E-state index contributed by atoms with van der Waals surface area (Å²) < 4.78 is 0.758. The lowest BCUT2D eigenvalue weighted by atomic mass is 10.3. The number of pyridine rings is 1. The summed E-state index contributed by atoms with van der Waals surface area (Å²) in [5.74, 6) is -0.218. The maximum absolute atomic E-state index is 11.7. The van der Waals surface area contributed by atoms with Gasteiger partial charge in [-0.25, -0.2) is 0 Å². The van der Waals surface area contributed by atoms with Crippen LogP contribution in [-0.2, 0) is 6.42 Å². The van der Waals surface area contributed by atoms with Crippen LogP contribution in [0.15, 0.2) is 30.5 Å². The van der Waals surface area contributed by atoms with Crippen LogP contribution in [0.2, 0.25) is 4.34 Å². The molecule has 0 spiro atoms. The van der Waals surface area contributed by atoms with E-state index in [1.54, 1.807) is 12.1 Å². The van der Waals surface area contributed by atoms with Gasteiger partial charge in [0.05, 0.1) is 4.34 Å². The Labute approximate surface area is 114 Å². The molecule has 6 heteroatoms. The summed E-state index contributed by atoms with van der Waals surface area (Å²) in [7, 11) is 0. The Morgan fingerprint density at radius 2 is 2.28 bits per heavy atom. The lowest BCUT2D eigenvalue weighted by Crippen LogP contribution is -2.26. The van der Waals surface area contributed by atoms with Gasteiger partial charge in [-0.2, -0.15) is 0 Å². The van der Waals surface area contributed by atoms with Crippen LogP contribution in [0.4, 0.5) is 5.69 Å². The maximum Gasteiger partial charge on any atom is 0.269 e. The first-order chi connectivity index (χ1) is 8.65. The largest absolute Gasteiger partial charge is 0.399 e. The van der Waals surface area contributed by atoms with E-state index >= 15 is 0 Å². The van der Waals surface area contributed by atoms with Crippen LogP contribution in [0.5, 0.6) is 0 Å². The van der Waals surface area contributed by atoms with E-state index in [0.717, 1.165) is 15.6 Å². The Hall–Kier alpha value is -1.59. The number of thiophene rings is 1. The second-order valence-electron chi connectivity index (χ2n) is 3.69. The SMILES string of the molecule is Nc1ccnc(C(=O)NCCc2ccc(Cl)s2)c1. The van der Waals surface area contributed by atoms with Gasteiger partial charge in [0, 0.05) is 23.3 Å². The first-order valence-electron chi connectivity index (χ1n) is 5.39. The summed E-state index contributed by atoms with van der Waals surface area (Å²) in [6, 6.07) is 7.00. The summed E-state index contributed by atoms with van der Waals surface area (Å²) in [5.41, 5.74) is 6.45. The number of hydrogen-bond donors (Lipinski definition) is 2. The molecule has 0 aromatic carbocycles. The number of hydrogen-bond acceptors (Lipinski definition) is 4. The molecule has 1 amide bonds. The summed E-state index contributed by atoms with van der Waals surface area (Å²) in [5, 5.41) is 2.79. The molecule has 0 saturated heterocycles. The third-order valence-corrected chi connectivity index (χ3v) is 3.59. The molecule has 2 aromatic heterocycles. The van der Waals surface area contributed by atoms with E-state index in [1.165, 1.54) is 17.5 Å². The van der Waals surface area contributed by atoms with Crippen LogP contribution in [0.3, 0.4) is 0 Å². The molecule has 94 valence electrons. The topological polar surface area (TPSA) is 68.0 Å². The third kappa shape index (κ3) is 3.45. The zero-order chi connectivity index (χ0) is 13.0. The number of amides is 1. The molecule has 0 atom stereocenters. The fraction of sp³-hybridized carbons (Fsp3) is 0.167. The van der Waals surface area contributed by atoms with Gasteiger partial charge >= 0.3 is 0 Å². The molecule has 0 fully saturated rings. The van der Waals surface area contributed by atoms with Crippen molar-refractivity contribution in [3.63, 3.8) is 0 Å². The van der Waals surface area contributed by atoms with Gasteiger partial charge in [0.15, 0.2) is 0 Å². The van der Waals surface area contributed by atoms with Gasteiger partial charge in [-0.15, -0.1) is 11.3 Å². The molecule has 18 heavy (non-hydrogen) atoms. The number of aromatic nitrogens is 1. The Bertz CT molecular complexity index is 556. The summed E-state index contributed by atoms with van der Waals surface area (Å²) in [6.07, 6.45) is 2.27. The number of rotatable bonds is 4. The number of carbonyl (C=O) groups excluding carboxylic acids is 1. The van der Waals surface area contributed by atoms with Crippen LogP contribution in [0.1, 0.15) is 15.4 Å². The van der Waals surface area contributed by atoms with Crippen molar-refractivity contribution >= 4 is 34.5 Å². The number of anilines is 1. The highest BCUT2D eigenvalue weighted by Gasteiger charge is 2.06. The van der Waals surface area contributed by atoms with Gasteiger partial charge in [0.1, 0.15) is 5.69 Å². The second-order valence-corrected chi connectivity index (χ2v) is 5.49. The van der Waals surface area contributed by atoms with Crippen LogP contribution in [0.25, 0.3) is 0 Å². The number of nitrogens with zero attached hydrogens (tertiary/aromatic N) is 1. The zero-order valence-corrected chi connectivity index (χ0v) is 11.1. The highest BCUT2D eigenvalue weighted by Crippen LogP contribution is 2.21. The van der Waals surface area contributed by atoms with Crippen molar-refractivity contribution in [2.75, 3.05) is 12.3 Å². The lowest BCUT2D eigenvalue weighted by molar-refractivity contribution is 0.0949. The van der Waals surface area contributed by atoms with E-state index in [2.05, 4.69) is 10.3 Å². The monoisotopic (exact) mass is 281 g/mol. The van der Waals surface area contributed by atoms with Gasteiger partial charge in [-0.05, 0) is 30.7 Å². The molecule has 0 bridgehead atoms. The first-order valence-corrected chi connectivity index (χ1v) is 6.58. The zero-order valence-electron chi connectivity index (χ0n) is 9.52. The fourth-order valence-corrected chi connectivity index (χ4v) is 2.53. The standard InChI is InChI=1S/C12H12ClN3OS/c13-11-2-1-9(18-11)4-6-16-12(17)10-7-8(14)3-5-15-10/h1-3,5,7H,4,6H2,(H2,14,15)(H,16,17). The average Bonchev–Trinajstić information content (AvgIpc) is 2.75. The van der Waals surface area contributed by atoms with E-state index in [1.807, 2.05) is 12.1 Å². The summed E-state index contributed by atoms with van der Waals surface area (Å²) in [6.45, 7) is 0.548. The molecule has 2 rings (SSSR count). The number of halogens is 1. The van der Waals surface area contributed by atoms with E-state index in [-0.39, 0.29) is 5.91 Å². The van der Waals surface area contributed by atoms with Crippen molar-refractivity contribution in [3.8, 4) is 0 Å². The smallest absolute Gasteiger partial charge is 0.269 e. The van der Waals surface area contributed by atoms with Crippen LogP contribution in [0, 0.1) is 0 Å². The fourth-order valence-electron chi connectivity index (χ4n) is 1.45.